The maximum Gasteiger partial charge on any atom is 0.319 e. The first-order valence-corrected chi connectivity index (χ1v) is 6.11. The van der Waals surface area contributed by atoms with Crippen molar-refractivity contribution >= 4 is 29.2 Å². The molecule has 18 heavy (non-hydrogen) atoms. The summed E-state index contributed by atoms with van der Waals surface area (Å²) in [7, 11) is 0. The second-order valence-corrected chi connectivity index (χ2v) is 4.58. The Hall–Kier alpha value is -1.75. The zero-order valence-corrected chi connectivity index (χ0v) is 10.5. The lowest BCUT2D eigenvalue weighted by molar-refractivity contribution is -0.122. The van der Waals surface area contributed by atoms with E-state index in [0.29, 0.717) is 30.1 Å². The molecule has 0 aromatic heterocycles. The minimum atomic E-state index is -0.279. The number of hydrogen-bond donors (Lipinski definition) is 3. The number of anilines is 1. The molecule has 0 bridgehead atoms. The Bertz CT molecular complexity index is 437. The number of rotatable bonds is 2. The molecule has 1 aromatic carbocycles. The van der Waals surface area contributed by atoms with E-state index in [2.05, 4.69) is 16.0 Å². The minimum absolute atomic E-state index is 0.0185. The van der Waals surface area contributed by atoms with Gasteiger partial charge in [-0.2, -0.15) is 0 Å². The van der Waals surface area contributed by atoms with Crippen LogP contribution in [0.3, 0.4) is 0 Å². The standard InChI is InChI=1S/C12H14ClN3O2/c13-8-1-3-9(4-2-8)15-12(18)16-10-5-6-11(17)14-7-10/h1-4,10H,5-7H2,(H,14,17)(H2,15,16,18). The van der Waals surface area contributed by atoms with Gasteiger partial charge in [-0.05, 0) is 30.7 Å². The third kappa shape index (κ3) is 3.63. The topological polar surface area (TPSA) is 70.2 Å². The molecule has 0 spiro atoms. The van der Waals surface area contributed by atoms with Gasteiger partial charge in [-0.3, -0.25) is 4.79 Å². The molecule has 1 aliphatic heterocycles. The Morgan fingerprint density at radius 2 is 2.06 bits per heavy atom. The molecular formula is C12H14ClN3O2. The van der Waals surface area contributed by atoms with Gasteiger partial charge in [0.15, 0.2) is 0 Å². The number of amides is 3. The van der Waals surface area contributed by atoms with Gasteiger partial charge < -0.3 is 16.0 Å². The van der Waals surface area contributed by atoms with E-state index in [0.717, 1.165) is 0 Å². The van der Waals surface area contributed by atoms with E-state index in [1.54, 1.807) is 24.3 Å². The molecule has 0 saturated carbocycles. The Morgan fingerprint density at radius 1 is 1.33 bits per heavy atom. The Morgan fingerprint density at radius 3 is 2.67 bits per heavy atom. The van der Waals surface area contributed by atoms with Gasteiger partial charge in [-0.25, -0.2) is 4.79 Å². The van der Waals surface area contributed by atoms with E-state index in [-0.39, 0.29) is 18.0 Å². The van der Waals surface area contributed by atoms with Gasteiger partial charge in [0.2, 0.25) is 5.91 Å². The van der Waals surface area contributed by atoms with Crippen LogP contribution in [-0.4, -0.2) is 24.5 Å². The fraction of sp³-hybridized carbons (Fsp3) is 0.333. The summed E-state index contributed by atoms with van der Waals surface area (Å²) >= 11 is 5.75. The zero-order chi connectivity index (χ0) is 13.0. The van der Waals surface area contributed by atoms with Gasteiger partial charge in [0.05, 0.1) is 0 Å². The Labute approximate surface area is 110 Å². The maximum absolute atomic E-state index is 11.7. The number of urea groups is 1. The smallest absolute Gasteiger partial charge is 0.319 e. The molecule has 1 atom stereocenters. The van der Waals surface area contributed by atoms with Gasteiger partial charge >= 0.3 is 6.03 Å². The van der Waals surface area contributed by atoms with Crippen molar-refractivity contribution in [3.63, 3.8) is 0 Å². The maximum atomic E-state index is 11.7. The second-order valence-electron chi connectivity index (χ2n) is 4.15. The van der Waals surface area contributed by atoms with E-state index in [4.69, 9.17) is 11.6 Å². The van der Waals surface area contributed by atoms with Gasteiger partial charge in [-0.1, -0.05) is 11.6 Å². The van der Waals surface area contributed by atoms with Crippen molar-refractivity contribution in [3.8, 4) is 0 Å². The van der Waals surface area contributed by atoms with E-state index >= 15 is 0 Å². The number of hydrogen-bond acceptors (Lipinski definition) is 2. The van der Waals surface area contributed by atoms with Crippen molar-refractivity contribution < 1.29 is 9.59 Å². The summed E-state index contributed by atoms with van der Waals surface area (Å²) in [4.78, 5) is 22.6. The lowest BCUT2D eigenvalue weighted by Gasteiger charge is -2.23. The number of benzene rings is 1. The summed E-state index contributed by atoms with van der Waals surface area (Å²) in [6, 6.07) is 6.57. The van der Waals surface area contributed by atoms with E-state index in [9.17, 15) is 9.59 Å². The second kappa shape index (κ2) is 5.73. The van der Waals surface area contributed by atoms with Crippen molar-refractivity contribution in [2.75, 3.05) is 11.9 Å². The zero-order valence-electron chi connectivity index (χ0n) is 9.70. The molecule has 3 amide bonds. The molecule has 1 aliphatic rings. The predicted octanol–water partition coefficient (Wildman–Crippen LogP) is 1.74. The van der Waals surface area contributed by atoms with Crippen LogP contribution in [0.1, 0.15) is 12.8 Å². The van der Waals surface area contributed by atoms with Crippen LogP contribution in [0.2, 0.25) is 5.02 Å². The quantitative estimate of drug-likeness (QED) is 0.764. The minimum Gasteiger partial charge on any atom is -0.354 e. The number of halogens is 1. The van der Waals surface area contributed by atoms with Crippen LogP contribution in [0, 0.1) is 0 Å². The third-order valence-electron chi connectivity index (χ3n) is 2.70. The first-order chi connectivity index (χ1) is 8.63. The van der Waals surface area contributed by atoms with Gasteiger partial charge in [0.25, 0.3) is 0 Å². The van der Waals surface area contributed by atoms with Crippen molar-refractivity contribution in [2.45, 2.75) is 18.9 Å². The van der Waals surface area contributed by atoms with Crippen LogP contribution in [-0.2, 0) is 4.79 Å². The summed E-state index contributed by atoms with van der Waals surface area (Å²) in [6.07, 6.45) is 1.12. The number of carbonyl (C=O) groups excluding carboxylic acids is 2. The molecule has 1 unspecified atom stereocenters. The fourth-order valence-electron chi connectivity index (χ4n) is 1.74. The Balaban J connectivity index is 1.81. The lowest BCUT2D eigenvalue weighted by atomic mass is 10.1. The summed E-state index contributed by atoms with van der Waals surface area (Å²) < 4.78 is 0. The van der Waals surface area contributed by atoms with Crippen LogP contribution < -0.4 is 16.0 Å². The molecule has 3 N–H and O–H groups in total. The van der Waals surface area contributed by atoms with Crippen LogP contribution in [0.15, 0.2) is 24.3 Å². The average Bonchev–Trinajstić information content (AvgIpc) is 2.35. The first-order valence-electron chi connectivity index (χ1n) is 5.73. The van der Waals surface area contributed by atoms with Crippen molar-refractivity contribution in [3.05, 3.63) is 29.3 Å². The molecule has 96 valence electrons. The van der Waals surface area contributed by atoms with Gasteiger partial charge in [0.1, 0.15) is 0 Å². The molecule has 6 heteroatoms. The molecular weight excluding hydrogens is 254 g/mol. The van der Waals surface area contributed by atoms with Crippen LogP contribution in [0.5, 0.6) is 0 Å². The van der Waals surface area contributed by atoms with E-state index in [1.807, 2.05) is 0 Å². The fourth-order valence-corrected chi connectivity index (χ4v) is 1.87. The number of nitrogens with one attached hydrogen (secondary N) is 3. The highest BCUT2D eigenvalue weighted by atomic mass is 35.5. The molecule has 1 fully saturated rings. The van der Waals surface area contributed by atoms with E-state index in [1.165, 1.54) is 0 Å². The molecule has 1 heterocycles. The van der Waals surface area contributed by atoms with Crippen LogP contribution >= 0.6 is 11.6 Å². The van der Waals surface area contributed by atoms with Crippen LogP contribution in [0.25, 0.3) is 0 Å². The summed E-state index contributed by atoms with van der Waals surface area (Å²) in [5.41, 5.74) is 0.678. The summed E-state index contributed by atoms with van der Waals surface area (Å²) in [5.74, 6) is 0.0335. The van der Waals surface area contributed by atoms with Crippen LogP contribution in [0.4, 0.5) is 10.5 Å². The van der Waals surface area contributed by atoms with Gasteiger partial charge in [0, 0.05) is 29.7 Å². The average molecular weight is 268 g/mol. The first kappa shape index (κ1) is 12.7. The highest BCUT2D eigenvalue weighted by Crippen LogP contribution is 2.13. The molecule has 2 rings (SSSR count). The largest absolute Gasteiger partial charge is 0.354 e. The predicted molar refractivity (Wildman–Crippen MR) is 69.6 cm³/mol. The van der Waals surface area contributed by atoms with Crippen molar-refractivity contribution in [2.24, 2.45) is 0 Å². The molecule has 5 nitrogen and oxygen atoms in total. The highest BCUT2D eigenvalue weighted by molar-refractivity contribution is 6.30. The summed E-state index contributed by atoms with van der Waals surface area (Å²) in [5, 5.41) is 8.84. The number of carbonyl (C=O) groups is 2. The molecule has 1 saturated heterocycles. The monoisotopic (exact) mass is 267 g/mol. The van der Waals surface area contributed by atoms with Crippen molar-refractivity contribution in [1.29, 1.82) is 0 Å². The molecule has 0 radical (unpaired) electrons. The number of piperidine rings is 1. The molecule has 1 aromatic rings. The van der Waals surface area contributed by atoms with Gasteiger partial charge in [-0.15, -0.1) is 0 Å². The Kier molecular flexibility index (Phi) is 4.04. The molecule has 0 aliphatic carbocycles. The lowest BCUT2D eigenvalue weighted by Crippen LogP contribution is -2.48. The van der Waals surface area contributed by atoms with E-state index < -0.39 is 0 Å². The SMILES string of the molecule is O=C1CCC(NC(=O)Nc2ccc(Cl)cc2)CN1. The summed E-state index contributed by atoms with van der Waals surface area (Å²) in [6.45, 7) is 0.479. The van der Waals surface area contributed by atoms with Crippen molar-refractivity contribution in [1.82, 2.24) is 10.6 Å². The normalized spacial score (nSPS) is 18.9. The highest BCUT2D eigenvalue weighted by Gasteiger charge is 2.19. The third-order valence-corrected chi connectivity index (χ3v) is 2.95.